The molecule has 1 N–H and O–H groups in total. The topological polar surface area (TPSA) is 74.6 Å². The monoisotopic (exact) mass is 395 g/mol. The molecule has 3 rings (SSSR count). The molecule has 0 saturated heterocycles. The molecule has 1 unspecified atom stereocenters. The largest absolute Gasteiger partial charge is 0.497 e. The minimum atomic E-state index is -0.462. The Bertz CT molecular complexity index is 988. The maximum Gasteiger partial charge on any atom is 0.252 e. The predicted molar refractivity (Wildman–Crippen MR) is 110 cm³/mol. The smallest absolute Gasteiger partial charge is 0.252 e. The SMILES string of the molecule is COc1cccc(C(NC(=O)c2cc(OC)c(C)c(OC)c2)c2nccn2C)c1. The van der Waals surface area contributed by atoms with Gasteiger partial charge in [0.15, 0.2) is 0 Å². The van der Waals surface area contributed by atoms with Crippen LogP contribution in [0.1, 0.15) is 33.4 Å². The number of nitrogens with one attached hydrogen (secondary N) is 1. The third-order valence-corrected chi connectivity index (χ3v) is 4.83. The number of rotatable bonds is 7. The summed E-state index contributed by atoms with van der Waals surface area (Å²) in [5.74, 6) is 2.32. The summed E-state index contributed by atoms with van der Waals surface area (Å²) in [4.78, 5) is 17.6. The Kier molecular flexibility index (Phi) is 6.07. The molecule has 0 spiro atoms. The van der Waals surface area contributed by atoms with E-state index in [1.807, 2.05) is 49.0 Å². The number of imidazole rings is 1. The molecule has 29 heavy (non-hydrogen) atoms. The van der Waals surface area contributed by atoms with Crippen LogP contribution in [0.15, 0.2) is 48.8 Å². The number of amides is 1. The molecule has 0 aliphatic rings. The van der Waals surface area contributed by atoms with Crippen molar-refractivity contribution in [3.63, 3.8) is 0 Å². The van der Waals surface area contributed by atoms with Crippen LogP contribution in [0.3, 0.4) is 0 Å². The molecule has 7 heteroatoms. The van der Waals surface area contributed by atoms with Crippen molar-refractivity contribution in [2.24, 2.45) is 7.05 Å². The van der Waals surface area contributed by atoms with E-state index in [0.29, 0.717) is 28.6 Å². The zero-order chi connectivity index (χ0) is 21.0. The fraction of sp³-hybridized carbons (Fsp3) is 0.273. The second-order valence-corrected chi connectivity index (χ2v) is 6.59. The van der Waals surface area contributed by atoms with Gasteiger partial charge in [-0.1, -0.05) is 12.1 Å². The van der Waals surface area contributed by atoms with E-state index in [9.17, 15) is 4.79 Å². The molecule has 0 saturated carbocycles. The second kappa shape index (κ2) is 8.68. The zero-order valence-corrected chi connectivity index (χ0v) is 17.2. The van der Waals surface area contributed by atoms with E-state index < -0.39 is 6.04 Å². The first kappa shape index (κ1) is 20.3. The highest BCUT2D eigenvalue weighted by atomic mass is 16.5. The lowest BCUT2D eigenvalue weighted by Gasteiger charge is -2.20. The van der Waals surface area contributed by atoms with Gasteiger partial charge in [-0.05, 0) is 36.8 Å². The van der Waals surface area contributed by atoms with E-state index in [0.717, 1.165) is 11.1 Å². The quantitative estimate of drug-likeness (QED) is 0.665. The summed E-state index contributed by atoms with van der Waals surface area (Å²) in [6.45, 7) is 1.88. The van der Waals surface area contributed by atoms with Gasteiger partial charge in [0, 0.05) is 30.6 Å². The highest BCUT2D eigenvalue weighted by Crippen LogP contribution is 2.30. The molecule has 1 aromatic heterocycles. The standard InChI is InChI=1S/C22H25N3O4/c1-14-18(28-4)12-16(13-19(14)29-5)22(26)24-20(21-23-9-10-25(21)2)15-7-6-8-17(11-15)27-3/h6-13,20H,1-5H3,(H,24,26). The molecule has 1 amide bonds. The van der Waals surface area contributed by atoms with Crippen LogP contribution in [0.5, 0.6) is 17.2 Å². The summed E-state index contributed by atoms with van der Waals surface area (Å²) >= 11 is 0. The minimum Gasteiger partial charge on any atom is -0.497 e. The summed E-state index contributed by atoms with van der Waals surface area (Å²) in [7, 11) is 6.63. The lowest BCUT2D eigenvalue weighted by molar-refractivity contribution is 0.0940. The van der Waals surface area contributed by atoms with Gasteiger partial charge >= 0.3 is 0 Å². The summed E-state index contributed by atoms with van der Waals surface area (Å²) in [5.41, 5.74) is 2.13. The number of hydrogen-bond donors (Lipinski definition) is 1. The van der Waals surface area contributed by atoms with Crippen LogP contribution < -0.4 is 19.5 Å². The molecule has 0 radical (unpaired) electrons. The molecule has 1 heterocycles. The first-order chi connectivity index (χ1) is 14.0. The van der Waals surface area contributed by atoms with E-state index in [4.69, 9.17) is 14.2 Å². The van der Waals surface area contributed by atoms with E-state index >= 15 is 0 Å². The van der Waals surface area contributed by atoms with Crippen molar-refractivity contribution >= 4 is 5.91 Å². The Hall–Kier alpha value is -3.48. The summed E-state index contributed by atoms with van der Waals surface area (Å²) < 4.78 is 18.0. The van der Waals surface area contributed by atoms with Crippen molar-refractivity contribution in [2.45, 2.75) is 13.0 Å². The Morgan fingerprint density at radius 3 is 2.31 bits per heavy atom. The molecule has 152 valence electrons. The number of carbonyl (C=O) groups is 1. The number of aryl methyl sites for hydroxylation is 1. The number of methoxy groups -OCH3 is 3. The first-order valence-corrected chi connectivity index (χ1v) is 9.13. The molecular formula is C22H25N3O4. The van der Waals surface area contributed by atoms with E-state index in [-0.39, 0.29) is 5.91 Å². The average Bonchev–Trinajstić information content (AvgIpc) is 3.17. The molecule has 3 aromatic rings. The summed E-state index contributed by atoms with van der Waals surface area (Å²) in [5, 5.41) is 3.08. The van der Waals surface area contributed by atoms with Crippen LogP contribution in [0.2, 0.25) is 0 Å². The molecule has 0 aliphatic carbocycles. The minimum absolute atomic E-state index is 0.266. The molecule has 0 fully saturated rings. The maximum absolute atomic E-state index is 13.1. The third-order valence-electron chi connectivity index (χ3n) is 4.83. The van der Waals surface area contributed by atoms with E-state index in [2.05, 4.69) is 10.3 Å². The zero-order valence-electron chi connectivity index (χ0n) is 17.2. The number of aromatic nitrogens is 2. The van der Waals surface area contributed by atoms with Crippen molar-refractivity contribution in [3.05, 3.63) is 71.3 Å². The Morgan fingerprint density at radius 1 is 1.07 bits per heavy atom. The fourth-order valence-electron chi connectivity index (χ4n) is 3.20. The molecule has 7 nitrogen and oxygen atoms in total. The number of carbonyl (C=O) groups excluding carboxylic acids is 1. The molecule has 0 bridgehead atoms. The molecule has 2 aromatic carbocycles. The first-order valence-electron chi connectivity index (χ1n) is 9.13. The normalized spacial score (nSPS) is 11.6. The third kappa shape index (κ3) is 4.18. The fourth-order valence-corrected chi connectivity index (χ4v) is 3.20. The predicted octanol–water partition coefficient (Wildman–Crippen LogP) is 3.27. The molecule has 1 atom stereocenters. The van der Waals surface area contributed by atoms with Crippen LogP contribution in [0.4, 0.5) is 0 Å². The number of benzene rings is 2. The highest BCUT2D eigenvalue weighted by molar-refractivity contribution is 5.95. The molecule has 0 aliphatic heterocycles. The van der Waals surface area contributed by atoms with Crippen LogP contribution in [0, 0.1) is 6.92 Å². The van der Waals surface area contributed by atoms with Crippen LogP contribution in [0.25, 0.3) is 0 Å². The van der Waals surface area contributed by atoms with Crippen molar-refractivity contribution in [3.8, 4) is 17.2 Å². The second-order valence-electron chi connectivity index (χ2n) is 6.59. The van der Waals surface area contributed by atoms with Gasteiger partial charge in [0.25, 0.3) is 5.91 Å². The van der Waals surface area contributed by atoms with Crippen LogP contribution in [-0.4, -0.2) is 36.8 Å². The summed E-state index contributed by atoms with van der Waals surface area (Å²) in [6, 6.07) is 10.5. The summed E-state index contributed by atoms with van der Waals surface area (Å²) in [6.07, 6.45) is 3.54. The van der Waals surface area contributed by atoms with Crippen LogP contribution in [-0.2, 0) is 7.05 Å². The number of ether oxygens (including phenoxy) is 3. The van der Waals surface area contributed by atoms with Crippen LogP contribution >= 0.6 is 0 Å². The number of hydrogen-bond acceptors (Lipinski definition) is 5. The van der Waals surface area contributed by atoms with E-state index in [1.54, 1.807) is 39.7 Å². The van der Waals surface area contributed by atoms with Crippen molar-refractivity contribution in [2.75, 3.05) is 21.3 Å². The van der Waals surface area contributed by atoms with Gasteiger partial charge in [-0.15, -0.1) is 0 Å². The Balaban J connectivity index is 2.00. The van der Waals surface area contributed by atoms with Gasteiger partial charge in [-0.3, -0.25) is 4.79 Å². The number of nitrogens with zero attached hydrogens (tertiary/aromatic N) is 2. The highest BCUT2D eigenvalue weighted by Gasteiger charge is 2.23. The van der Waals surface area contributed by atoms with Crippen molar-refractivity contribution in [1.82, 2.24) is 14.9 Å². The molecular weight excluding hydrogens is 370 g/mol. The van der Waals surface area contributed by atoms with Gasteiger partial charge < -0.3 is 24.1 Å². The van der Waals surface area contributed by atoms with Gasteiger partial charge in [-0.2, -0.15) is 0 Å². The average molecular weight is 395 g/mol. The lowest BCUT2D eigenvalue weighted by Crippen LogP contribution is -2.31. The van der Waals surface area contributed by atoms with Crippen molar-refractivity contribution < 1.29 is 19.0 Å². The van der Waals surface area contributed by atoms with Gasteiger partial charge in [0.2, 0.25) is 0 Å². The van der Waals surface area contributed by atoms with Gasteiger partial charge in [0.05, 0.1) is 21.3 Å². The Labute approximate surface area is 170 Å². The van der Waals surface area contributed by atoms with E-state index in [1.165, 1.54) is 0 Å². The lowest BCUT2D eigenvalue weighted by atomic mass is 10.0. The van der Waals surface area contributed by atoms with Crippen molar-refractivity contribution in [1.29, 1.82) is 0 Å². The van der Waals surface area contributed by atoms with Gasteiger partial charge in [-0.25, -0.2) is 4.98 Å². The maximum atomic E-state index is 13.1. The Morgan fingerprint density at radius 2 is 1.76 bits per heavy atom. The van der Waals surface area contributed by atoms with Gasteiger partial charge in [0.1, 0.15) is 29.1 Å².